The van der Waals surface area contributed by atoms with Gasteiger partial charge in [0.05, 0.1) is 23.3 Å². The summed E-state index contributed by atoms with van der Waals surface area (Å²) >= 11 is 0. The number of nitrogens with zero attached hydrogens (tertiary/aromatic N) is 3. The summed E-state index contributed by atoms with van der Waals surface area (Å²) in [5, 5.41) is 5.05. The predicted molar refractivity (Wildman–Crippen MR) is 67.1 cm³/mol. The van der Waals surface area contributed by atoms with Gasteiger partial charge in [0.15, 0.2) is 5.65 Å². The van der Waals surface area contributed by atoms with Crippen molar-refractivity contribution >= 4 is 16.9 Å². The Balaban J connectivity index is 2.58. The first-order valence-electron chi connectivity index (χ1n) is 5.77. The average Bonchev–Trinajstić information content (AvgIpc) is 2.61. The van der Waals surface area contributed by atoms with Gasteiger partial charge < -0.3 is 0 Å². The van der Waals surface area contributed by atoms with E-state index < -0.39 is 0 Å². The number of pyridine rings is 1. The minimum Gasteiger partial charge on any atom is -0.274 e. The molecule has 0 fully saturated rings. The Labute approximate surface area is 105 Å². The molecule has 0 aliphatic heterocycles. The highest BCUT2D eigenvalue weighted by atomic mass is 16.6. The first kappa shape index (κ1) is 12.5. The zero-order valence-corrected chi connectivity index (χ0v) is 10.9. The lowest BCUT2D eigenvalue weighted by Gasteiger charge is -2.06. The topological polar surface area (TPSA) is 69.0 Å². The van der Waals surface area contributed by atoms with Crippen LogP contribution in [0.4, 0.5) is 0 Å². The molecule has 0 saturated heterocycles. The lowest BCUT2D eigenvalue weighted by molar-refractivity contribution is 0.0366. The summed E-state index contributed by atoms with van der Waals surface area (Å²) in [6.07, 6.45) is 0. The molecule has 0 spiro atoms. The van der Waals surface area contributed by atoms with Gasteiger partial charge in [-0.05, 0) is 26.8 Å². The number of hydroxylamine groups is 1. The number of nitrogens with one attached hydrogen (secondary N) is 1. The van der Waals surface area contributed by atoms with Crippen LogP contribution in [0.25, 0.3) is 11.0 Å². The van der Waals surface area contributed by atoms with Crippen molar-refractivity contribution in [3.05, 3.63) is 23.0 Å². The molecule has 0 bridgehead atoms. The lowest BCUT2D eigenvalue weighted by Crippen LogP contribution is -2.24. The van der Waals surface area contributed by atoms with Crippen molar-refractivity contribution in [1.29, 1.82) is 0 Å². The van der Waals surface area contributed by atoms with Crippen molar-refractivity contribution in [2.75, 3.05) is 6.61 Å². The molecule has 0 atom stereocenters. The van der Waals surface area contributed by atoms with Crippen molar-refractivity contribution < 1.29 is 9.63 Å². The second-order valence-electron chi connectivity index (χ2n) is 4.08. The minimum atomic E-state index is -0.275. The number of rotatable bonds is 3. The molecule has 18 heavy (non-hydrogen) atoms. The third-order valence-electron chi connectivity index (χ3n) is 2.65. The molecule has 0 aromatic carbocycles. The molecule has 0 aliphatic rings. The van der Waals surface area contributed by atoms with Gasteiger partial charge in [-0.2, -0.15) is 5.10 Å². The van der Waals surface area contributed by atoms with Crippen LogP contribution in [-0.2, 0) is 11.9 Å². The summed E-state index contributed by atoms with van der Waals surface area (Å²) in [6.45, 7) is 5.93. The van der Waals surface area contributed by atoms with Crippen LogP contribution in [0, 0.1) is 13.8 Å². The first-order valence-corrected chi connectivity index (χ1v) is 5.77. The van der Waals surface area contributed by atoms with Crippen molar-refractivity contribution in [2.24, 2.45) is 7.05 Å². The molecule has 0 aliphatic carbocycles. The van der Waals surface area contributed by atoms with Crippen LogP contribution in [0.3, 0.4) is 0 Å². The fourth-order valence-corrected chi connectivity index (χ4v) is 1.94. The van der Waals surface area contributed by atoms with Gasteiger partial charge in [-0.1, -0.05) is 0 Å². The van der Waals surface area contributed by atoms with E-state index >= 15 is 0 Å². The molecular weight excluding hydrogens is 232 g/mol. The van der Waals surface area contributed by atoms with Gasteiger partial charge in [0.1, 0.15) is 0 Å². The number of carbonyl (C=O) groups is 1. The summed E-state index contributed by atoms with van der Waals surface area (Å²) in [4.78, 5) is 21.4. The van der Waals surface area contributed by atoms with E-state index in [1.165, 1.54) is 0 Å². The minimum absolute atomic E-state index is 0.275. The number of aryl methyl sites for hydroxylation is 3. The van der Waals surface area contributed by atoms with Crippen LogP contribution in [0.15, 0.2) is 6.07 Å². The van der Waals surface area contributed by atoms with Crippen LogP contribution in [-0.4, -0.2) is 27.3 Å². The maximum atomic E-state index is 12.0. The molecule has 1 amide bonds. The Kier molecular flexibility index (Phi) is 3.29. The summed E-state index contributed by atoms with van der Waals surface area (Å²) in [5.41, 5.74) is 5.19. The Morgan fingerprint density at radius 2 is 2.22 bits per heavy atom. The number of hydrogen-bond donors (Lipinski definition) is 1. The van der Waals surface area contributed by atoms with Gasteiger partial charge in [-0.15, -0.1) is 0 Å². The predicted octanol–water partition coefficient (Wildman–Crippen LogP) is 1.27. The van der Waals surface area contributed by atoms with E-state index in [1.54, 1.807) is 10.7 Å². The number of aromatic nitrogens is 3. The second kappa shape index (κ2) is 4.73. The maximum absolute atomic E-state index is 12.0. The highest BCUT2D eigenvalue weighted by Crippen LogP contribution is 2.21. The maximum Gasteiger partial charge on any atom is 0.275 e. The van der Waals surface area contributed by atoms with Crippen molar-refractivity contribution in [3.8, 4) is 0 Å². The quantitative estimate of drug-likeness (QED) is 0.830. The Morgan fingerprint density at radius 3 is 2.89 bits per heavy atom. The molecule has 2 rings (SSSR count). The Bertz CT molecular complexity index is 604. The molecule has 96 valence electrons. The molecule has 6 nitrogen and oxygen atoms in total. The fourth-order valence-electron chi connectivity index (χ4n) is 1.94. The van der Waals surface area contributed by atoms with E-state index in [9.17, 15) is 4.79 Å². The second-order valence-corrected chi connectivity index (χ2v) is 4.08. The van der Waals surface area contributed by atoms with E-state index in [0.717, 1.165) is 16.8 Å². The van der Waals surface area contributed by atoms with Crippen molar-refractivity contribution in [2.45, 2.75) is 20.8 Å². The summed E-state index contributed by atoms with van der Waals surface area (Å²) in [6, 6.07) is 1.74. The third-order valence-corrected chi connectivity index (χ3v) is 2.65. The van der Waals surface area contributed by atoms with Crippen LogP contribution in [0.5, 0.6) is 0 Å². The fraction of sp³-hybridized carbons (Fsp3) is 0.417. The zero-order chi connectivity index (χ0) is 13.3. The lowest BCUT2D eigenvalue weighted by atomic mass is 10.1. The summed E-state index contributed by atoms with van der Waals surface area (Å²) < 4.78 is 1.68. The SMILES string of the molecule is CCONC(=O)c1cc(C)nc2c1c(C)nn2C. The van der Waals surface area contributed by atoms with Gasteiger partial charge in [-0.25, -0.2) is 10.5 Å². The van der Waals surface area contributed by atoms with Crippen LogP contribution >= 0.6 is 0 Å². The molecule has 0 saturated carbocycles. The normalized spacial score (nSPS) is 10.9. The molecule has 2 aromatic rings. The van der Waals surface area contributed by atoms with E-state index in [1.807, 2.05) is 27.8 Å². The standard InChI is InChI=1S/C12H16N4O2/c1-5-18-15-12(17)9-6-7(2)13-11-10(9)8(3)14-16(11)4/h6H,5H2,1-4H3,(H,15,17). The molecule has 1 N–H and O–H groups in total. The molecule has 0 radical (unpaired) electrons. The number of fused-ring (bicyclic) bond motifs is 1. The highest BCUT2D eigenvalue weighted by Gasteiger charge is 2.17. The van der Waals surface area contributed by atoms with E-state index in [4.69, 9.17) is 4.84 Å². The molecular formula is C12H16N4O2. The van der Waals surface area contributed by atoms with Gasteiger partial charge in [-0.3, -0.25) is 14.3 Å². The Morgan fingerprint density at radius 1 is 1.50 bits per heavy atom. The monoisotopic (exact) mass is 248 g/mol. The highest BCUT2D eigenvalue weighted by molar-refractivity contribution is 6.06. The van der Waals surface area contributed by atoms with E-state index in [0.29, 0.717) is 17.8 Å². The van der Waals surface area contributed by atoms with E-state index in [2.05, 4.69) is 15.6 Å². The molecule has 6 heteroatoms. The average molecular weight is 248 g/mol. The molecule has 2 aromatic heterocycles. The first-order chi connectivity index (χ1) is 8.54. The molecule has 0 unspecified atom stereocenters. The van der Waals surface area contributed by atoms with Gasteiger partial charge in [0.2, 0.25) is 0 Å². The van der Waals surface area contributed by atoms with Crippen molar-refractivity contribution in [1.82, 2.24) is 20.2 Å². The van der Waals surface area contributed by atoms with E-state index in [-0.39, 0.29) is 5.91 Å². The van der Waals surface area contributed by atoms with Gasteiger partial charge in [0.25, 0.3) is 5.91 Å². The number of hydrogen-bond acceptors (Lipinski definition) is 4. The number of amides is 1. The number of carbonyl (C=O) groups excluding carboxylic acids is 1. The third kappa shape index (κ3) is 2.06. The van der Waals surface area contributed by atoms with Gasteiger partial charge in [0, 0.05) is 12.7 Å². The summed E-state index contributed by atoms with van der Waals surface area (Å²) in [5.74, 6) is -0.275. The Hall–Kier alpha value is -1.95. The zero-order valence-electron chi connectivity index (χ0n) is 10.9. The smallest absolute Gasteiger partial charge is 0.274 e. The van der Waals surface area contributed by atoms with Crippen molar-refractivity contribution in [3.63, 3.8) is 0 Å². The summed E-state index contributed by atoms with van der Waals surface area (Å²) in [7, 11) is 1.81. The van der Waals surface area contributed by atoms with Crippen LogP contribution < -0.4 is 5.48 Å². The van der Waals surface area contributed by atoms with Crippen LogP contribution in [0.1, 0.15) is 28.7 Å². The molecule has 2 heterocycles. The largest absolute Gasteiger partial charge is 0.275 e. The van der Waals surface area contributed by atoms with Gasteiger partial charge >= 0.3 is 0 Å². The van der Waals surface area contributed by atoms with Crippen LogP contribution in [0.2, 0.25) is 0 Å².